The molecule has 4 rings (SSSR count). The fourth-order valence-electron chi connectivity index (χ4n) is 3.69. The summed E-state index contributed by atoms with van der Waals surface area (Å²) in [5, 5.41) is 16.2. The number of carbonyl (C=O) groups is 2. The molecule has 9 nitrogen and oxygen atoms in total. The van der Waals surface area contributed by atoms with Crippen LogP contribution >= 0.6 is 0 Å². The van der Waals surface area contributed by atoms with E-state index in [0.29, 0.717) is 16.9 Å². The van der Waals surface area contributed by atoms with Gasteiger partial charge in [-0.3, -0.25) is 19.5 Å². The molecule has 0 radical (unpaired) electrons. The molecule has 2 heterocycles. The monoisotopic (exact) mass is 465 g/mol. The highest BCUT2D eigenvalue weighted by molar-refractivity contribution is 7.89. The molecule has 10 heteroatoms. The molecule has 0 saturated carbocycles. The van der Waals surface area contributed by atoms with Gasteiger partial charge in [0.2, 0.25) is 10.0 Å². The molecule has 1 aliphatic rings. The molecular formula is C23H19N3O6S. The Morgan fingerprint density at radius 3 is 2.33 bits per heavy atom. The first-order chi connectivity index (χ1) is 15.7. The van der Waals surface area contributed by atoms with E-state index in [1.54, 1.807) is 24.3 Å². The van der Waals surface area contributed by atoms with Crippen molar-refractivity contribution in [3.05, 3.63) is 89.8 Å². The maximum atomic E-state index is 13.1. The minimum atomic E-state index is -3.94. The summed E-state index contributed by atoms with van der Waals surface area (Å²) < 4.78 is 28.5. The highest BCUT2D eigenvalue weighted by atomic mass is 32.2. The maximum Gasteiger partial charge on any atom is 0.300 e. The van der Waals surface area contributed by atoms with E-state index < -0.39 is 27.8 Å². The molecule has 1 aromatic heterocycles. The molecule has 0 bridgehead atoms. The molecule has 33 heavy (non-hydrogen) atoms. The van der Waals surface area contributed by atoms with Crippen molar-refractivity contribution in [2.45, 2.75) is 10.9 Å². The average molecular weight is 465 g/mol. The van der Waals surface area contributed by atoms with Crippen molar-refractivity contribution in [3.63, 3.8) is 0 Å². The summed E-state index contributed by atoms with van der Waals surface area (Å²) in [5.74, 6) is -1.62. The number of pyridine rings is 1. The number of aliphatic hydroxyl groups excluding tert-OH is 1. The number of primary sulfonamides is 1. The highest BCUT2D eigenvalue weighted by Gasteiger charge is 2.47. The van der Waals surface area contributed by atoms with E-state index in [2.05, 4.69) is 4.98 Å². The van der Waals surface area contributed by atoms with E-state index >= 15 is 0 Å². The summed E-state index contributed by atoms with van der Waals surface area (Å²) in [6, 6.07) is 14.1. The van der Waals surface area contributed by atoms with Gasteiger partial charge in [-0.1, -0.05) is 12.1 Å². The van der Waals surface area contributed by atoms with Crippen LogP contribution in [0, 0.1) is 0 Å². The number of nitrogens with two attached hydrogens (primary N) is 1. The molecule has 3 N–H and O–H groups in total. The summed E-state index contributed by atoms with van der Waals surface area (Å²) in [6.07, 6.45) is 2.91. The van der Waals surface area contributed by atoms with Crippen molar-refractivity contribution in [2.24, 2.45) is 5.14 Å². The van der Waals surface area contributed by atoms with E-state index in [0.717, 1.165) is 0 Å². The number of benzene rings is 2. The number of ether oxygens (including phenoxy) is 1. The predicted molar refractivity (Wildman–Crippen MR) is 120 cm³/mol. The second kappa shape index (κ2) is 8.49. The van der Waals surface area contributed by atoms with Crippen LogP contribution in [0.1, 0.15) is 17.2 Å². The number of rotatable bonds is 5. The van der Waals surface area contributed by atoms with Crippen LogP contribution in [0.15, 0.2) is 83.5 Å². The molecule has 3 aromatic rings. The van der Waals surface area contributed by atoms with Crippen LogP contribution in [0.2, 0.25) is 0 Å². The van der Waals surface area contributed by atoms with Crippen molar-refractivity contribution in [1.29, 1.82) is 0 Å². The van der Waals surface area contributed by atoms with Gasteiger partial charge in [0.05, 0.1) is 23.6 Å². The van der Waals surface area contributed by atoms with Crippen molar-refractivity contribution >= 4 is 33.2 Å². The largest absolute Gasteiger partial charge is 0.507 e. The lowest BCUT2D eigenvalue weighted by atomic mass is 9.95. The standard InChI is InChI=1S/C23H19N3O6S/c1-32-17-4-2-3-15(13-17)20-19(21(27)14-9-11-25-12-10-14)22(28)23(29)26(20)16-5-7-18(8-6-16)33(24,30)31/h2-13,20,27H,1H3,(H2,24,30,31)/b21-19+. The van der Waals surface area contributed by atoms with Crippen molar-refractivity contribution in [2.75, 3.05) is 12.0 Å². The number of aromatic nitrogens is 1. The average Bonchev–Trinajstić information content (AvgIpc) is 3.09. The normalized spacial score (nSPS) is 17.9. The molecule has 1 saturated heterocycles. The summed E-state index contributed by atoms with van der Waals surface area (Å²) in [4.78, 5) is 31.2. The summed E-state index contributed by atoms with van der Waals surface area (Å²) in [5.41, 5.74) is 0.973. The Bertz CT molecular complexity index is 1370. The highest BCUT2D eigenvalue weighted by Crippen LogP contribution is 2.42. The molecule has 2 aromatic carbocycles. The molecule has 1 aliphatic heterocycles. The lowest BCUT2D eigenvalue weighted by molar-refractivity contribution is -0.132. The number of anilines is 1. The predicted octanol–water partition coefficient (Wildman–Crippen LogP) is 2.36. The third-order valence-corrected chi connectivity index (χ3v) is 6.18. The van der Waals surface area contributed by atoms with Crippen LogP contribution in [0.5, 0.6) is 5.75 Å². The number of methoxy groups -OCH3 is 1. The quantitative estimate of drug-likeness (QED) is 0.335. The van der Waals surface area contributed by atoms with Gasteiger partial charge in [-0.05, 0) is 54.1 Å². The van der Waals surface area contributed by atoms with Gasteiger partial charge in [-0.25, -0.2) is 13.6 Å². The Hall–Kier alpha value is -4.02. The molecule has 0 aliphatic carbocycles. The van der Waals surface area contributed by atoms with E-state index in [4.69, 9.17) is 9.88 Å². The maximum absolute atomic E-state index is 13.1. The van der Waals surface area contributed by atoms with Crippen molar-refractivity contribution in [1.82, 2.24) is 4.98 Å². The number of carbonyl (C=O) groups excluding carboxylic acids is 2. The molecule has 1 unspecified atom stereocenters. The van der Waals surface area contributed by atoms with Crippen molar-refractivity contribution in [3.8, 4) is 5.75 Å². The zero-order valence-electron chi connectivity index (χ0n) is 17.4. The van der Waals surface area contributed by atoms with Gasteiger partial charge >= 0.3 is 0 Å². The number of hydrogen-bond acceptors (Lipinski definition) is 7. The summed E-state index contributed by atoms with van der Waals surface area (Å²) in [7, 11) is -2.46. The van der Waals surface area contributed by atoms with Gasteiger partial charge in [0.25, 0.3) is 11.7 Å². The Morgan fingerprint density at radius 1 is 1.06 bits per heavy atom. The second-order valence-corrected chi connectivity index (χ2v) is 8.78. The number of hydrogen-bond donors (Lipinski definition) is 2. The number of aliphatic hydroxyl groups is 1. The van der Waals surface area contributed by atoms with Crippen LogP contribution < -0.4 is 14.8 Å². The van der Waals surface area contributed by atoms with Crippen LogP contribution in [-0.4, -0.2) is 37.3 Å². The van der Waals surface area contributed by atoms with Gasteiger partial charge in [0.15, 0.2) is 0 Å². The van der Waals surface area contributed by atoms with Gasteiger partial charge in [-0.2, -0.15) is 0 Å². The number of ketones is 1. The van der Waals surface area contributed by atoms with Crippen LogP contribution in [0.3, 0.4) is 0 Å². The molecule has 168 valence electrons. The van der Waals surface area contributed by atoms with Gasteiger partial charge in [0, 0.05) is 23.6 Å². The van der Waals surface area contributed by atoms with Crippen LogP contribution in [-0.2, 0) is 19.6 Å². The summed E-state index contributed by atoms with van der Waals surface area (Å²) >= 11 is 0. The number of sulfonamides is 1. The number of amides is 1. The third-order valence-electron chi connectivity index (χ3n) is 5.25. The van der Waals surface area contributed by atoms with Crippen LogP contribution in [0.4, 0.5) is 5.69 Å². The minimum Gasteiger partial charge on any atom is -0.507 e. The van der Waals surface area contributed by atoms with Crippen molar-refractivity contribution < 1.29 is 27.9 Å². The first-order valence-electron chi connectivity index (χ1n) is 9.70. The van der Waals surface area contributed by atoms with Gasteiger partial charge in [0.1, 0.15) is 11.5 Å². The zero-order valence-corrected chi connectivity index (χ0v) is 18.2. The fraction of sp³-hybridized carbons (Fsp3) is 0.0870. The minimum absolute atomic E-state index is 0.116. The molecule has 0 spiro atoms. The summed E-state index contributed by atoms with van der Waals surface area (Å²) in [6.45, 7) is 0. The fourth-order valence-corrected chi connectivity index (χ4v) is 4.20. The van der Waals surface area contributed by atoms with Crippen LogP contribution in [0.25, 0.3) is 5.76 Å². The lowest BCUT2D eigenvalue weighted by Gasteiger charge is -2.25. The number of Topliss-reactive ketones (excluding diaryl/α,β-unsaturated/α-hetero) is 1. The second-order valence-electron chi connectivity index (χ2n) is 7.22. The first kappa shape index (κ1) is 22.2. The third kappa shape index (κ3) is 4.09. The van der Waals surface area contributed by atoms with Gasteiger partial charge < -0.3 is 9.84 Å². The molecule has 1 atom stereocenters. The smallest absolute Gasteiger partial charge is 0.300 e. The first-order valence-corrected chi connectivity index (χ1v) is 11.2. The Morgan fingerprint density at radius 2 is 1.73 bits per heavy atom. The Kier molecular flexibility index (Phi) is 5.71. The lowest BCUT2D eigenvalue weighted by Crippen LogP contribution is -2.29. The zero-order chi connectivity index (χ0) is 23.8. The van der Waals surface area contributed by atoms with E-state index in [-0.39, 0.29) is 21.9 Å². The Labute approximate surface area is 189 Å². The van der Waals surface area contributed by atoms with E-state index in [9.17, 15) is 23.1 Å². The molecule has 1 amide bonds. The molecular weight excluding hydrogens is 446 g/mol. The van der Waals surface area contributed by atoms with Gasteiger partial charge in [-0.15, -0.1) is 0 Å². The topological polar surface area (TPSA) is 140 Å². The number of nitrogens with zero attached hydrogens (tertiary/aromatic N) is 2. The van der Waals surface area contributed by atoms with E-state index in [1.165, 1.54) is 60.8 Å². The molecule has 1 fully saturated rings. The van der Waals surface area contributed by atoms with E-state index in [1.807, 2.05) is 0 Å². The Balaban J connectivity index is 1.93. The SMILES string of the molecule is COc1cccc(C2/C(=C(\O)c3ccncc3)C(=O)C(=O)N2c2ccc(S(N)(=O)=O)cc2)c1.